The van der Waals surface area contributed by atoms with Crippen molar-refractivity contribution in [1.82, 2.24) is 10.2 Å². The van der Waals surface area contributed by atoms with Crippen molar-refractivity contribution in [2.24, 2.45) is 0 Å². The van der Waals surface area contributed by atoms with Gasteiger partial charge in [-0.05, 0) is 57.9 Å². The van der Waals surface area contributed by atoms with Crippen LogP contribution in [0.5, 0.6) is 0 Å². The molecule has 4 nitrogen and oxygen atoms in total. The van der Waals surface area contributed by atoms with Crippen LogP contribution < -0.4 is 5.32 Å². The van der Waals surface area contributed by atoms with Crippen LogP contribution >= 0.6 is 23.2 Å². The van der Waals surface area contributed by atoms with Crippen LogP contribution in [-0.4, -0.2) is 28.3 Å². The van der Waals surface area contributed by atoms with E-state index in [1.165, 1.54) is 0 Å². The van der Waals surface area contributed by atoms with Gasteiger partial charge < -0.3 is 10.2 Å². The Kier molecular flexibility index (Phi) is 7.73. The number of hydrogen-bond donors (Lipinski definition) is 1. The molecule has 6 heteroatoms. The maximum atomic E-state index is 13.2. The standard InChI is InChI=1S/C23H28Cl2N2O2/c1-15-9-11-17(12-10-15)14-27(16(2)22(29)26-23(3,4)5)21(28)13-18-19(24)7-6-8-20(18)25/h6-12,16H,13-14H2,1-5H3,(H,26,29). The Morgan fingerprint density at radius 3 is 2.10 bits per heavy atom. The molecular weight excluding hydrogens is 407 g/mol. The third-order valence-electron chi connectivity index (χ3n) is 4.53. The number of carbonyl (C=O) groups excluding carboxylic acids is 2. The summed E-state index contributed by atoms with van der Waals surface area (Å²) in [7, 11) is 0. The van der Waals surface area contributed by atoms with E-state index in [2.05, 4.69) is 5.32 Å². The Balaban J connectivity index is 2.30. The zero-order valence-electron chi connectivity index (χ0n) is 17.6. The quantitative estimate of drug-likeness (QED) is 0.680. The Morgan fingerprint density at radius 1 is 1.03 bits per heavy atom. The van der Waals surface area contributed by atoms with E-state index in [9.17, 15) is 9.59 Å². The Morgan fingerprint density at radius 2 is 1.59 bits per heavy atom. The summed E-state index contributed by atoms with van der Waals surface area (Å²) < 4.78 is 0. The number of halogens is 2. The molecule has 2 aromatic carbocycles. The zero-order valence-corrected chi connectivity index (χ0v) is 19.1. The molecule has 156 valence electrons. The lowest BCUT2D eigenvalue weighted by Gasteiger charge is -2.31. The van der Waals surface area contributed by atoms with Crippen molar-refractivity contribution in [3.63, 3.8) is 0 Å². The number of rotatable bonds is 6. The third kappa shape index (κ3) is 6.76. The molecular formula is C23H28Cl2N2O2. The third-order valence-corrected chi connectivity index (χ3v) is 5.24. The smallest absolute Gasteiger partial charge is 0.242 e. The van der Waals surface area contributed by atoms with Gasteiger partial charge in [-0.15, -0.1) is 0 Å². The molecule has 0 aromatic heterocycles. The van der Waals surface area contributed by atoms with Gasteiger partial charge in [0.15, 0.2) is 0 Å². The van der Waals surface area contributed by atoms with E-state index in [0.717, 1.165) is 11.1 Å². The summed E-state index contributed by atoms with van der Waals surface area (Å²) >= 11 is 12.5. The van der Waals surface area contributed by atoms with Gasteiger partial charge >= 0.3 is 0 Å². The zero-order chi connectivity index (χ0) is 21.8. The molecule has 0 saturated heterocycles. The van der Waals surface area contributed by atoms with E-state index in [1.807, 2.05) is 52.0 Å². The fourth-order valence-corrected chi connectivity index (χ4v) is 3.43. The first kappa shape index (κ1) is 23.2. The first-order chi connectivity index (χ1) is 13.5. The number of hydrogen-bond acceptors (Lipinski definition) is 2. The molecule has 0 spiro atoms. The van der Waals surface area contributed by atoms with Crippen molar-refractivity contribution in [3.8, 4) is 0 Å². The van der Waals surface area contributed by atoms with Crippen molar-refractivity contribution >= 4 is 35.0 Å². The molecule has 2 aromatic rings. The predicted octanol–water partition coefficient (Wildman–Crippen LogP) is 5.18. The van der Waals surface area contributed by atoms with E-state index in [1.54, 1.807) is 30.0 Å². The molecule has 0 bridgehead atoms. The van der Waals surface area contributed by atoms with Gasteiger partial charge in [0.1, 0.15) is 6.04 Å². The van der Waals surface area contributed by atoms with Gasteiger partial charge in [-0.2, -0.15) is 0 Å². The van der Waals surface area contributed by atoms with Crippen LogP contribution in [-0.2, 0) is 22.6 Å². The lowest BCUT2D eigenvalue weighted by Crippen LogP contribution is -2.52. The molecule has 1 N–H and O–H groups in total. The molecule has 2 rings (SSSR count). The van der Waals surface area contributed by atoms with Gasteiger partial charge in [0, 0.05) is 22.1 Å². The highest BCUT2D eigenvalue weighted by atomic mass is 35.5. The maximum Gasteiger partial charge on any atom is 0.242 e. The van der Waals surface area contributed by atoms with Gasteiger partial charge in [-0.25, -0.2) is 0 Å². The SMILES string of the molecule is Cc1ccc(CN(C(=O)Cc2c(Cl)cccc2Cl)C(C)C(=O)NC(C)(C)C)cc1. The summed E-state index contributed by atoms with van der Waals surface area (Å²) in [6.07, 6.45) is 0.0253. The lowest BCUT2D eigenvalue weighted by atomic mass is 10.1. The number of nitrogens with zero attached hydrogens (tertiary/aromatic N) is 1. The second kappa shape index (κ2) is 9.64. The van der Waals surface area contributed by atoms with Gasteiger partial charge in [-0.3, -0.25) is 9.59 Å². The minimum atomic E-state index is -0.649. The fraction of sp³-hybridized carbons (Fsp3) is 0.391. The predicted molar refractivity (Wildman–Crippen MR) is 119 cm³/mol. The van der Waals surface area contributed by atoms with E-state index < -0.39 is 11.6 Å². The van der Waals surface area contributed by atoms with E-state index in [4.69, 9.17) is 23.2 Å². The van der Waals surface area contributed by atoms with Crippen LogP contribution in [0.25, 0.3) is 0 Å². The van der Waals surface area contributed by atoms with Crippen molar-refractivity contribution in [3.05, 3.63) is 69.2 Å². The van der Waals surface area contributed by atoms with Crippen LogP contribution in [0.4, 0.5) is 0 Å². The van der Waals surface area contributed by atoms with Crippen molar-refractivity contribution < 1.29 is 9.59 Å². The van der Waals surface area contributed by atoms with E-state index in [0.29, 0.717) is 22.2 Å². The molecule has 0 fully saturated rings. The summed E-state index contributed by atoms with van der Waals surface area (Å²) in [5.74, 6) is -0.416. The monoisotopic (exact) mass is 434 g/mol. The summed E-state index contributed by atoms with van der Waals surface area (Å²) in [6, 6.07) is 12.4. The number of benzene rings is 2. The summed E-state index contributed by atoms with van der Waals surface area (Å²) in [4.78, 5) is 27.6. The van der Waals surface area contributed by atoms with Crippen LogP contribution in [0.2, 0.25) is 10.0 Å². The highest BCUT2D eigenvalue weighted by molar-refractivity contribution is 6.36. The minimum absolute atomic E-state index is 0.0253. The number of nitrogens with one attached hydrogen (secondary N) is 1. The molecule has 0 aliphatic heterocycles. The van der Waals surface area contributed by atoms with Gasteiger partial charge in [0.25, 0.3) is 0 Å². The Bertz CT molecular complexity index is 853. The molecule has 29 heavy (non-hydrogen) atoms. The van der Waals surface area contributed by atoms with Gasteiger partial charge in [-0.1, -0.05) is 59.1 Å². The van der Waals surface area contributed by atoms with Crippen molar-refractivity contribution in [2.45, 2.75) is 59.2 Å². The normalized spacial score (nSPS) is 12.4. The largest absolute Gasteiger partial charge is 0.350 e. The Labute approximate surface area is 183 Å². The van der Waals surface area contributed by atoms with Crippen LogP contribution in [0.1, 0.15) is 44.4 Å². The highest BCUT2D eigenvalue weighted by Gasteiger charge is 2.29. The topological polar surface area (TPSA) is 49.4 Å². The number of amides is 2. The molecule has 2 amide bonds. The molecule has 0 radical (unpaired) electrons. The molecule has 0 aliphatic carbocycles. The average Bonchev–Trinajstić information content (AvgIpc) is 2.62. The van der Waals surface area contributed by atoms with Crippen LogP contribution in [0.15, 0.2) is 42.5 Å². The Hall–Kier alpha value is -2.04. The fourth-order valence-electron chi connectivity index (χ4n) is 2.90. The first-order valence-corrected chi connectivity index (χ1v) is 10.3. The highest BCUT2D eigenvalue weighted by Crippen LogP contribution is 2.26. The second-order valence-corrected chi connectivity index (χ2v) is 9.11. The summed E-state index contributed by atoms with van der Waals surface area (Å²) in [5, 5.41) is 3.83. The first-order valence-electron chi connectivity index (χ1n) is 9.58. The van der Waals surface area contributed by atoms with Crippen LogP contribution in [0, 0.1) is 6.92 Å². The maximum absolute atomic E-state index is 13.2. The molecule has 1 unspecified atom stereocenters. The van der Waals surface area contributed by atoms with E-state index in [-0.39, 0.29) is 18.2 Å². The minimum Gasteiger partial charge on any atom is -0.350 e. The number of aryl methyl sites for hydroxylation is 1. The molecule has 1 atom stereocenters. The molecule has 0 heterocycles. The van der Waals surface area contributed by atoms with Crippen molar-refractivity contribution in [1.29, 1.82) is 0 Å². The molecule has 0 saturated carbocycles. The van der Waals surface area contributed by atoms with Crippen molar-refractivity contribution in [2.75, 3.05) is 0 Å². The summed E-state index contributed by atoms with van der Waals surface area (Å²) in [6.45, 7) is 9.79. The van der Waals surface area contributed by atoms with Gasteiger partial charge in [0.05, 0.1) is 6.42 Å². The van der Waals surface area contributed by atoms with Gasteiger partial charge in [0.2, 0.25) is 11.8 Å². The number of carbonyl (C=O) groups is 2. The molecule has 0 aliphatic rings. The van der Waals surface area contributed by atoms with E-state index >= 15 is 0 Å². The lowest BCUT2D eigenvalue weighted by molar-refractivity contribution is -0.140. The average molecular weight is 435 g/mol. The summed E-state index contributed by atoms with van der Waals surface area (Å²) in [5.41, 5.74) is 2.26. The van der Waals surface area contributed by atoms with Crippen LogP contribution in [0.3, 0.4) is 0 Å². The second-order valence-electron chi connectivity index (χ2n) is 8.30.